The Morgan fingerprint density at radius 2 is 2.22 bits per heavy atom. The molecule has 1 fully saturated rings. The first-order valence-corrected chi connectivity index (χ1v) is 7.68. The summed E-state index contributed by atoms with van der Waals surface area (Å²) < 4.78 is 5.55. The van der Waals surface area contributed by atoms with Crippen molar-refractivity contribution in [3.8, 4) is 0 Å². The molecule has 7 heteroatoms. The number of carbonyl (C=O) groups excluding carboxylic acids is 1. The van der Waals surface area contributed by atoms with E-state index < -0.39 is 0 Å². The molecule has 0 aromatic carbocycles. The lowest BCUT2D eigenvalue weighted by Crippen LogP contribution is -2.49. The molecule has 0 bridgehead atoms. The monoisotopic (exact) mass is 313 g/mol. The van der Waals surface area contributed by atoms with Crippen molar-refractivity contribution in [3.05, 3.63) is 47.8 Å². The van der Waals surface area contributed by atoms with Crippen LogP contribution < -0.4 is 0 Å². The Labute approximate surface area is 134 Å². The zero-order valence-corrected chi connectivity index (χ0v) is 13.1. The van der Waals surface area contributed by atoms with E-state index in [1.807, 2.05) is 11.8 Å². The van der Waals surface area contributed by atoms with Gasteiger partial charge in [-0.25, -0.2) is 0 Å². The van der Waals surface area contributed by atoms with E-state index >= 15 is 0 Å². The van der Waals surface area contributed by atoms with Crippen molar-refractivity contribution in [2.45, 2.75) is 25.8 Å². The summed E-state index contributed by atoms with van der Waals surface area (Å²) in [6.07, 6.45) is 6.49. The highest BCUT2D eigenvalue weighted by atomic mass is 16.5. The molecule has 0 radical (unpaired) electrons. The van der Waals surface area contributed by atoms with Crippen LogP contribution in [0.25, 0.3) is 0 Å². The number of amides is 1. The minimum atomic E-state index is -0.0951. The number of aryl methyl sites for hydroxylation is 2. The highest BCUT2D eigenvalue weighted by Gasteiger charge is 2.28. The largest absolute Gasteiger partial charge is 0.377 e. The van der Waals surface area contributed by atoms with Crippen molar-refractivity contribution in [2.24, 2.45) is 0 Å². The average molecular weight is 313 g/mol. The summed E-state index contributed by atoms with van der Waals surface area (Å²) in [5.74, 6) is -0.0951. The van der Waals surface area contributed by atoms with Crippen LogP contribution in [-0.4, -0.2) is 56.8 Å². The number of rotatable bonds is 4. The summed E-state index contributed by atoms with van der Waals surface area (Å²) in [5, 5.41) is 7.70. The Morgan fingerprint density at radius 3 is 3.00 bits per heavy atom. The molecule has 1 aliphatic rings. The van der Waals surface area contributed by atoms with Gasteiger partial charge in [-0.05, 0) is 31.9 Å². The average Bonchev–Trinajstić information content (AvgIpc) is 2.61. The molecule has 1 amide bonds. The van der Waals surface area contributed by atoms with E-state index in [-0.39, 0.29) is 11.9 Å². The van der Waals surface area contributed by atoms with Crippen LogP contribution in [0.5, 0.6) is 0 Å². The molecule has 0 saturated carbocycles. The van der Waals surface area contributed by atoms with Crippen LogP contribution in [0.15, 0.2) is 30.7 Å². The van der Waals surface area contributed by atoms with Crippen molar-refractivity contribution in [1.82, 2.24) is 25.1 Å². The van der Waals surface area contributed by atoms with Crippen LogP contribution >= 0.6 is 0 Å². The van der Waals surface area contributed by atoms with E-state index in [9.17, 15) is 4.79 Å². The van der Waals surface area contributed by atoms with Gasteiger partial charge >= 0.3 is 0 Å². The van der Waals surface area contributed by atoms with Gasteiger partial charge in [-0.2, -0.15) is 5.10 Å². The topological polar surface area (TPSA) is 81.1 Å². The van der Waals surface area contributed by atoms with Gasteiger partial charge in [0.2, 0.25) is 0 Å². The van der Waals surface area contributed by atoms with Gasteiger partial charge in [0.05, 0.1) is 30.6 Å². The number of aromatic nitrogens is 4. The van der Waals surface area contributed by atoms with Gasteiger partial charge in [0.25, 0.3) is 5.91 Å². The number of morpholine rings is 1. The first-order chi connectivity index (χ1) is 11.3. The third kappa shape index (κ3) is 3.68. The molecule has 2 aromatic heterocycles. The molecular weight excluding hydrogens is 294 g/mol. The Bertz CT molecular complexity index is 665. The minimum absolute atomic E-state index is 0.0136. The van der Waals surface area contributed by atoms with Crippen LogP contribution in [0, 0.1) is 6.92 Å². The Balaban J connectivity index is 1.69. The van der Waals surface area contributed by atoms with Crippen LogP contribution in [-0.2, 0) is 11.2 Å². The van der Waals surface area contributed by atoms with Gasteiger partial charge in [-0.15, -0.1) is 5.10 Å². The predicted molar refractivity (Wildman–Crippen MR) is 82.8 cm³/mol. The molecule has 0 N–H and O–H groups in total. The van der Waals surface area contributed by atoms with Crippen molar-refractivity contribution in [1.29, 1.82) is 0 Å². The molecule has 0 aliphatic carbocycles. The molecule has 1 aliphatic heterocycles. The van der Waals surface area contributed by atoms with Crippen LogP contribution in [0.2, 0.25) is 0 Å². The number of hydrogen-bond donors (Lipinski definition) is 0. The SMILES string of the molecule is Cc1nccnc1CC[C@H]1COCCN1C(=O)c1cccnn1. The van der Waals surface area contributed by atoms with Gasteiger partial charge in [-0.1, -0.05) is 0 Å². The maximum Gasteiger partial charge on any atom is 0.274 e. The molecule has 7 nitrogen and oxygen atoms in total. The fourth-order valence-corrected chi connectivity index (χ4v) is 2.71. The van der Waals surface area contributed by atoms with Crippen molar-refractivity contribution in [3.63, 3.8) is 0 Å². The Morgan fingerprint density at radius 1 is 1.35 bits per heavy atom. The fraction of sp³-hybridized carbons (Fsp3) is 0.438. The van der Waals surface area contributed by atoms with Crippen molar-refractivity contribution < 1.29 is 9.53 Å². The molecule has 2 aromatic rings. The van der Waals surface area contributed by atoms with E-state index in [0.717, 1.165) is 24.2 Å². The standard InChI is InChI=1S/C16H19N5O2/c1-12-14(18-8-7-17-12)5-4-13-11-23-10-9-21(13)16(22)15-3-2-6-19-20-15/h2-3,6-8,13H,4-5,9-11H2,1H3/t13-/m0/s1. The van der Waals surface area contributed by atoms with Crippen molar-refractivity contribution >= 4 is 5.91 Å². The second-order valence-electron chi connectivity index (χ2n) is 5.46. The second kappa shape index (κ2) is 7.23. The zero-order valence-electron chi connectivity index (χ0n) is 13.1. The van der Waals surface area contributed by atoms with Gasteiger partial charge < -0.3 is 9.64 Å². The molecule has 23 heavy (non-hydrogen) atoms. The molecule has 0 unspecified atom stereocenters. The smallest absolute Gasteiger partial charge is 0.274 e. The van der Waals surface area contributed by atoms with E-state index in [4.69, 9.17) is 4.74 Å². The first kappa shape index (κ1) is 15.5. The third-order valence-electron chi connectivity index (χ3n) is 3.98. The second-order valence-corrected chi connectivity index (χ2v) is 5.46. The lowest BCUT2D eigenvalue weighted by Gasteiger charge is -2.35. The molecule has 1 saturated heterocycles. The summed E-state index contributed by atoms with van der Waals surface area (Å²) in [6.45, 7) is 3.60. The van der Waals surface area contributed by atoms with Gasteiger partial charge in [0, 0.05) is 25.1 Å². The molecule has 3 rings (SSSR count). The highest BCUT2D eigenvalue weighted by Crippen LogP contribution is 2.16. The molecular formula is C16H19N5O2. The number of carbonyl (C=O) groups is 1. The maximum atomic E-state index is 12.6. The molecule has 0 spiro atoms. The van der Waals surface area contributed by atoms with Gasteiger partial charge in [0.15, 0.2) is 5.69 Å². The van der Waals surface area contributed by atoms with E-state index in [1.165, 1.54) is 0 Å². The maximum absolute atomic E-state index is 12.6. The fourth-order valence-electron chi connectivity index (χ4n) is 2.71. The Kier molecular flexibility index (Phi) is 4.87. The zero-order chi connectivity index (χ0) is 16.1. The van der Waals surface area contributed by atoms with Crippen LogP contribution in [0.3, 0.4) is 0 Å². The quantitative estimate of drug-likeness (QED) is 0.839. The summed E-state index contributed by atoms with van der Waals surface area (Å²) in [6, 6.07) is 3.42. The van der Waals surface area contributed by atoms with E-state index in [1.54, 1.807) is 30.7 Å². The normalized spacial score (nSPS) is 18.0. The summed E-state index contributed by atoms with van der Waals surface area (Å²) in [4.78, 5) is 23.1. The first-order valence-electron chi connectivity index (χ1n) is 7.68. The van der Waals surface area contributed by atoms with E-state index in [0.29, 0.717) is 25.5 Å². The molecule has 3 heterocycles. The Hall–Kier alpha value is -2.41. The highest BCUT2D eigenvalue weighted by molar-refractivity contribution is 5.92. The predicted octanol–water partition coefficient (Wildman–Crippen LogP) is 1.05. The summed E-state index contributed by atoms with van der Waals surface area (Å²) in [7, 11) is 0. The van der Waals surface area contributed by atoms with Gasteiger partial charge in [-0.3, -0.25) is 14.8 Å². The van der Waals surface area contributed by atoms with Crippen LogP contribution in [0.1, 0.15) is 28.3 Å². The lowest BCUT2D eigenvalue weighted by atomic mass is 10.1. The minimum Gasteiger partial charge on any atom is -0.377 e. The molecule has 1 atom stereocenters. The summed E-state index contributed by atoms with van der Waals surface area (Å²) >= 11 is 0. The number of ether oxygens (including phenoxy) is 1. The number of hydrogen-bond acceptors (Lipinski definition) is 6. The molecule has 120 valence electrons. The van der Waals surface area contributed by atoms with Gasteiger partial charge in [0.1, 0.15) is 0 Å². The van der Waals surface area contributed by atoms with Crippen LogP contribution in [0.4, 0.5) is 0 Å². The lowest BCUT2D eigenvalue weighted by molar-refractivity contribution is -0.00450. The number of nitrogens with zero attached hydrogens (tertiary/aromatic N) is 5. The third-order valence-corrected chi connectivity index (χ3v) is 3.98. The van der Waals surface area contributed by atoms with Crippen molar-refractivity contribution in [2.75, 3.05) is 19.8 Å². The summed E-state index contributed by atoms with van der Waals surface area (Å²) in [5.41, 5.74) is 2.26. The van der Waals surface area contributed by atoms with E-state index in [2.05, 4.69) is 20.2 Å².